The quantitative estimate of drug-likeness (QED) is 0.500. The molecule has 1 aliphatic heterocycles. The van der Waals surface area contributed by atoms with Crippen LogP contribution in [0.1, 0.15) is 24.0 Å². The van der Waals surface area contributed by atoms with Crippen LogP contribution >= 0.6 is 23.2 Å². The molecule has 3 nitrogen and oxygen atoms in total. The fourth-order valence-corrected chi connectivity index (χ4v) is 3.97. The van der Waals surface area contributed by atoms with Crippen molar-refractivity contribution in [1.29, 1.82) is 0 Å². The maximum absolute atomic E-state index is 13.6. The van der Waals surface area contributed by atoms with Crippen molar-refractivity contribution >= 4 is 29.0 Å². The van der Waals surface area contributed by atoms with E-state index in [9.17, 15) is 13.2 Å². The van der Waals surface area contributed by atoms with Gasteiger partial charge in [-0.05, 0) is 43.5 Å². The number of hydrogen-bond acceptors (Lipinski definition) is 2. The van der Waals surface area contributed by atoms with Crippen molar-refractivity contribution in [2.75, 3.05) is 11.9 Å². The fraction of sp³-hybridized carbons (Fsp3) is 0.250. The number of benzene rings is 2. The first-order chi connectivity index (χ1) is 13.4. The highest BCUT2D eigenvalue weighted by Crippen LogP contribution is 2.41. The van der Waals surface area contributed by atoms with E-state index in [4.69, 9.17) is 23.2 Å². The Morgan fingerprint density at radius 1 is 1.04 bits per heavy atom. The van der Waals surface area contributed by atoms with Gasteiger partial charge >= 0.3 is 6.18 Å². The summed E-state index contributed by atoms with van der Waals surface area (Å²) in [5, 5.41) is 8.72. The molecular weight excluding hydrogens is 410 g/mol. The summed E-state index contributed by atoms with van der Waals surface area (Å²) in [6.45, 7) is 0.713. The minimum Gasteiger partial charge on any atom is -0.370 e. The zero-order valence-corrected chi connectivity index (χ0v) is 16.2. The summed E-state index contributed by atoms with van der Waals surface area (Å²) in [6, 6.07) is 10.5. The second-order valence-electron chi connectivity index (χ2n) is 6.61. The topological polar surface area (TPSA) is 29.9 Å². The van der Waals surface area contributed by atoms with Crippen molar-refractivity contribution < 1.29 is 13.2 Å². The highest BCUT2D eigenvalue weighted by Gasteiger charge is 2.35. The molecule has 0 radical (unpaired) electrons. The van der Waals surface area contributed by atoms with Gasteiger partial charge < -0.3 is 5.32 Å². The van der Waals surface area contributed by atoms with Gasteiger partial charge in [0.05, 0.1) is 22.0 Å². The molecule has 0 saturated carbocycles. The predicted octanol–water partition coefficient (Wildman–Crippen LogP) is 6.61. The number of fused-ring (bicyclic) bond motifs is 1. The average molecular weight is 426 g/mol. The van der Waals surface area contributed by atoms with E-state index in [-0.39, 0.29) is 5.56 Å². The zero-order chi connectivity index (χ0) is 19.9. The largest absolute Gasteiger partial charge is 0.417 e. The molecule has 0 amide bonds. The zero-order valence-electron chi connectivity index (χ0n) is 14.7. The molecular formula is C20H16Cl2F3N3. The van der Waals surface area contributed by atoms with Gasteiger partial charge in [0.15, 0.2) is 0 Å². The van der Waals surface area contributed by atoms with Crippen molar-refractivity contribution in [1.82, 2.24) is 9.78 Å². The molecule has 0 fully saturated rings. The first-order valence-corrected chi connectivity index (χ1v) is 9.59. The van der Waals surface area contributed by atoms with Crippen LogP contribution in [0.3, 0.4) is 0 Å². The molecule has 1 N–H and O–H groups in total. The Hall–Kier alpha value is -2.18. The van der Waals surface area contributed by atoms with E-state index in [2.05, 4.69) is 10.4 Å². The lowest BCUT2D eigenvalue weighted by Crippen LogP contribution is -2.08. The Labute approximate surface area is 170 Å². The SMILES string of the molecule is FC(F)(F)c1ccccc1-c1nn(-c2ccc(Cl)cc2Cl)c2c1CCCCN2. The molecule has 2 aromatic carbocycles. The fourth-order valence-electron chi connectivity index (χ4n) is 3.48. The first kappa shape index (κ1) is 19.2. The van der Waals surface area contributed by atoms with Crippen LogP contribution in [0.4, 0.5) is 19.0 Å². The van der Waals surface area contributed by atoms with Crippen LogP contribution in [0.2, 0.25) is 10.0 Å². The lowest BCUT2D eigenvalue weighted by molar-refractivity contribution is -0.137. The van der Waals surface area contributed by atoms with Gasteiger partial charge in [-0.3, -0.25) is 0 Å². The molecule has 1 aromatic heterocycles. The van der Waals surface area contributed by atoms with Crippen molar-refractivity contribution in [2.45, 2.75) is 25.4 Å². The third kappa shape index (κ3) is 3.47. The highest BCUT2D eigenvalue weighted by molar-refractivity contribution is 6.35. The van der Waals surface area contributed by atoms with E-state index in [1.165, 1.54) is 12.1 Å². The Kier molecular flexibility index (Phi) is 5.02. The molecule has 4 rings (SSSR count). The van der Waals surface area contributed by atoms with Crippen LogP contribution in [-0.2, 0) is 12.6 Å². The number of rotatable bonds is 2. The van der Waals surface area contributed by atoms with E-state index in [1.54, 1.807) is 28.9 Å². The maximum Gasteiger partial charge on any atom is 0.417 e. The molecule has 1 aliphatic rings. The van der Waals surface area contributed by atoms with E-state index >= 15 is 0 Å². The number of hydrogen-bond donors (Lipinski definition) is 1. The Morgan fingerprint density at radius 3 is 2.57 bits per heavy atom. The van der Waals surface area contributed by atoms with Crippen molar-refractivity contribution in [3.63, 3.8) is 0 Å². The number of aromatic nitrogens is 2. The number of alkyl halides is 3. The third-order valence-electron chi connectivity index (χ3n) is 4.75. The van der Waals surface area contributed by atoms with Gasteiger partial charge in [-0.15, -0.1) is 0 Å². The van der Waals surface area contributed by atoms with Crippen LogP contribution in [0, 0.1) is 0 Å². The minimum absolute atomic E-state index is 0.0683. The third-order valence-corrected chi connectivity index (χ3v) is 5.29. The molecule has 0 atom stereocenters. The minimum atomic E-state index is -4.47. The summed E-state index contributed by atoms with van der Waals surface area (Å²) in [7, 11) is 0. The van der Waals surface area contributed by atoms with Crippen molar-refractivity contribution in [2.24, 2.45) is 0 Å². The van der Waals surface area contributed by atoms with Crippen molar-refractivity contribution in [3.8, 4) is 16.9 Å². The number of nitrogens with zero attached hydrogens (tertiary/aromatic N) is 2. The molecule has 3 aromatic rings. The molecule has 0 bridgehead atoms. The smallest absolute Gasteiger partial charge is 0.370 e. The first-order valence-electron chi connectivity index (χ1n) is 8.84. The van der Waals surface area contributed by atoms with Crippen LogP contribution in [-0.4, -0.2) is 16.3 Å². The van der Waals surface area contributed by atoms with Gasteiger partial charge in [0, 0.05) is 22.7 Å². The van der Waals surface area contributed by atoms with Gasteiger partial charge in [0.25, 0.3) is 0 Å². The Bertz CT molecular complexity index is 1030. The summed E-state index contributed by atoms with van der Waals surface area (Å²) >= 11 is 12.3. The number of nitrogens with one attached hydrogen (secondary N) is 1. The average Bonchev–Trinajstić information content (AvgIpc) is 2.83. The molecule has 8 heteroatoms. The molecule has 28 heavy (non-hydrogen) atoms. The summed E-state index contributed by atoms with van der Waals surface area (Å²) in [5.41, 5.74) is 1.02. The lowest BCUT2D eigenvalue weighted by atomic mass is 9.99. The molecule has 146 valence electrons. The summed E-state index contributed by atoms with van der Waals surface area (Å²) in [5.74, 6) is 0.675. The monoisotopic (exact) mass is 425 g/mol. The van der Waals surface area contributed by atoms with Gasteiger partial charge in [-0.1, -0.05) is 41.4 Å². The molecule has 0 saturated heterocycles. The second-order valence-corrected chi connectivity index (χ2v) is 7.45. The number of halogens is 5. The van der Waals surface area contributed by atoms with Gasteiger partial charge in [0.1, 0.15) is 5.82 Å². The van der Waals surface area contributed by atoms with Crippen LogP contribution < -0.4 is 5.32 Å². The van der Waals surface area contributed by atoms with E-state index in [0.29, 0.717) is 40.2 Å². The molecule has 0 aliphatic carbocycles. The maximum atomic E-state index is 13.6. The number of anilines is 1. The Balaban J connectivity index is 1.97. The van der Waals surface area contributed by atoms with Crippen LogP contribution in [0.15, 0.2) is 42.5 Å². The molecule has 2 heterocycles. The summed E-state index contributed by atoms with van der Waals surface area (Å²) < 4.78 is 42.4. The van der Waals surface area contributed by atoms with Crippen molar-refractivity contribution in [3.05, 3.63) is 63.6 Å². The lowest BCUT2D eigenvalue weighted by Gasteiger charge is -2.12. The van der Waals surface area contributed by atoms with Gasteiger partial charge in [0.2, 0.25) is 0 Å². The summed E-state index contributed by atoms with van der Waals surface area (Å²) in [6.07, 6.45) is -2.05. The van der Waals surface area contributed by atoms with Gasteiger partial charge in [-0.25, -0.2) is 4.68 Å². The van der Waals surface area contributed by atoms with E-state index in [0.717, 1.165) is 24.5 Å². The Morgan fingerprint density at radius 2 is 1.82 bits per heavy atom. The van der Waals surface area contributed by atoms with Crippen LogP contribution in [0.25, 0.3) is 16.9 Å². The normalized spacial score (nSPS) is 14.3. The highest BCUT2D eigenvalue weighted by atomic mass is 35.5. The molecule has 0 spiro atoms. The van der Waals surface area contributed by atoms with E-state index < -0.39 is 11.7 Å². The molecule has 0 unspecified atom stereocenters. The standard InChI is InChI=1S/C20H16Cl2F3N3/c21-12-8-9-17(16(22)11-12)28-19-14(6-3-4-10-26-19)18(27-28)13-5-1-2-7-15(13)20(23,24)25/h1-2,5,7-9,11,26H,3-4,6,10H2. The van der Waals surface area contributed by atoms with Gasteiger partial charge in [-0.2, -0.15) is 18.3 Å². The predicted molar refractivity (Wildman–Crippen MR) is 105 cm³/mol. The van der Waals surface area contributed by atoms with E-state index in [1.807, 2.05) is 0 Å². The summed E-state index contributed by atoms with van der Waals surface area (Å²) in [4.78, 5) is 0. The van der Waals surface area contributed by atoms with Crippen LogP contribution in [0.5, 0.6) is 0 Å². The second kappa shape index (κ2) is 7.33.